The van der Waals surface area contributed by atoms with Gasteiger partial charge >= 0.3 is 0 Å². The molecule has 6 heteroatoms. The average Bonchev–Trinajstić information content (AvgIpc) is 2.64. The molecule has 0 aliphatic carbocycles. The molecule has 0 aliphatic heterocycles. The fourth-order valence-electron chi connectivity index (χ4n) is 2.47. The van der Waals surface area contributed by atoms with Crippen LogP contribution in [-0.2, 0) is 16.8 Å². The van der Waals surface area contributed by atoms with Crippen LogP contribution in [-0.4, -0.2) is 29.4 Å². The van der Waals surface area contributed by atoms with Crippen molar-refractivity contribution < 1.29 is 14.3 Å². The summed E-state index contributed by atoms with van der Waals surface area (Å²) in [6, 6.07) is 11.1. The summed E-state index contributed by atoms with van der Waals surface area (Å²) in [5, 5.41) is 5.40. The summed E-state index contributed by atoms with van der Waals surface area (Å²) in [4.78, 5) is 28.4. The Balaban J connectivity index is 1.78. The van der Waals surface area contributed by atoms with E-state index in [1.165, 1.54) is 0 Å². The number of benzene rings is 1. The smallest absolute Gasteiger partial charge is 0.251 e. The Morgan fingerprint density at radius 3 is 2.25 bits per heavy atom. The van der Waals surface area contributed by atoms with Gasteiger partial charge in [-0.25, -0.2) is 4.98 Å². The van der Waals surface area contributed by atoms with Gasteiger partial charge in [0, 0.05) is 24.4 Å². The largest absolute Gasteiger partial charge is 0.475 e. The number of nitrogens with zero attached hydrogens (tertiary/aromatic N) is 1. The second-order valence-electron chi connectivity index (χ2n) is 7.96. The van der Waals surface area contributed by atoms with E-state index in [0.29, 0.717) is 18.0 Å². The molecule has 1 aromatic heterocycles. The van der Waals surface area contributed by atoms with Crippen LogP contribution < -0.4 is 15.4 Å². The van der Waals surface area contributed by atoms with E-state index in [1.807, 2.05) is 32.0 Å². The van der Waals surface area contributed by atoms with E-state index in [0.717, 1.165) is 11.1 Å². The van der Waals surface area contributed by atoms with Crippen LogP contribution in [0.3, 0.4) is 0 Å². The number of ether oxygens (including phenoxy) is 1. The van der Waals surface area contributed by atoms with Crippen molar-refractivity contribution >= 4 is 11.8 Å². The molecule has 2 N–H and O–H groups in total. The zero-order valence-electron chi connectivity index (χ0n) is 17.2. The molecule has 0 unspecified atom stereocenters. The third kappa shape index (κ3) is 6.68. The summed E-state index contributed by atoms with van der Waals surface area (Å²) >= 11 is 0. The van der Waals surface area contributed by atoms with Crippen molar-refractivity contribution in [2.45, 2.75) is 52.7 Å². The normalized spacial score (nSPS) is 11.2. The van der Waals surface area contributed by atoms with Crippen molar-refractivity contribution in [1.29, 1.82) is 0 Å². The van der Waals surface area contributed by atoms with Crippen LogP contribution in [0.2, 0.25) is 0 Å². The maximum absolute atomic E-state index is 12.2. The van der Waals surface area contributed by atoms with Gasteiger partial charge in [-0.05, 0) is 42.5 Å². The lowest BCUT2D eigenvalue weighted by atomic mass is 9.87. The molecule has 1 aromatic carbocycles. The number of hydrogen-bond acceptors (Lipinski definition) is 4. The lowest BCUT2D eigenvalue weighted by molar-refractivity contribution is -0.120. The second kappa shape index (κ2) is 9.35. The molecule has 0 saturated heterocycles. The van der Waals surface area contributed by atoms with Gasteiger partial charge in [0.2, 0.25) is 11.8 Å². The molecule has 0 bridgehead atoms. The maximum Gasteiger partial charge on any atom is 0.251 e. The molecule has 0 atom stereocenters. The molecule has 28 heavy (non-hydrogen) atoms. The van der Waals surface area contributed by atoms with E-state index in [1.54, 1.807) is 24.4 Å². The Kier molecular flexibility index (Phi) is 7.15. The van der Waals surface area contributed by atoms with Crippen molar-refractivity contribution in [2.24, 2.45) is 0 Å². The number of carbonyl (C=O) groups is 2. The van der Waals surface area contributed by atoms with Crippen LogP contribution in [0, 0.1) is 0 Å². The maximum atomic E-state index is 12.2. The molecule has 2 rings (SSSR count). The first-order chi connectivity index (χ1) is 13.1. The van der Waals surface area contributed by atoms with Crippen LogP contribution in [0.5, 0.6) is 5.88 Å². The van der Waals surface area contributed by atoms with E-state index >= 15 is 0 Å². The molecule has 2 amide bonds. The van der Waals surface area contributed by atoms with E-state index in [4.69, 9.17) is 4.74 Å². The summed E-state index contributed by atoms with van der Waals surface area (Å²) in [7, 11) is 0. The fraction of sp³-hybridized carbons (Fsp3) is 0.409. The molecule has 0 radical (unpaired) electrons. The molecule has 0 saturated carbocycles. The number of aromatic nitrogens is 1. The summed E-state index contributed by atoms with van der Waals surface area (Å²) in [5.74, 6) is 0.0180. The minimum absolute atomic E-state index is 0.0306. The zero-order chi connectivity index (χ0) is 20.7. The quantitative estimate of drug-likeness (QED) is 0.769. The SMILES string of the molecule is CC(C)Oc1ccc(CNC(=O)CNC(=O)c2ccc(C(C)(C)C)cc2)cn1. The van der Waals surface area contributed by atoms with Crippen LogP contribution in [0.4, 0.5) is 0 Å². The van der Waals surface area contributed by atoms with Gasteiger partial charge in [-0.2, -0.15) is 0 Å². The van der Waals surface area contributed by atoms with Gasteiger partial charge in [0.25, 0.3) is 5.91 Å². The van der Waals surface area contributed by atoms with Crippen molar-refractivity contribution in [3.05, 3.63) is 59.3 Å². The molecule has 0 spiro atoms. The standard InChI is InChI=1S/C22H29N3O3/c1-15(2)28-20-11-6-16(13-24-20)12-23-19(26)14-25-21(27)17-7-9-18(10-8-17)22(3,4)5/h6-11,13,15H,12,14H2,1-5H3,(H,23,26)(H,25,27). The Morgan fingerprint density at radius 1 is 1.04 bits per heavy atom. The van der Waals surface area contributed by atoms with E-state index in [2.05, 4.69) is 36.4 Å². The highest BCUT2D eigenvalue weighted by Gasteiger charge is 2.14. The van der Waals surface area contributed by atoms with Gasteiger partial charge in [-0.3, -0.25) is 9.59 Å². The predicted molar refractivity (Wildman–Crippen MR) is 109 cm³/mol. The number of pyridine rings is 1. The molecule has 2 aromatic rings. The van der Waals surface area contributed by atoms with Crippen LogP contribution in [0.15, 0.2) is 42.6 Å². The van der Waals surface area contributed by atoms with E-state index < -0.39 is 0 Å². The highest BCUT2D eigenvalue weighted by molar-refractivity contribution is 5.96. The minimum Gasteiger partial charge on any atom is -0.475 e. The number of hydrogen-bond donors (Lipinski definition) is 2. The van der Waals surface area contributed by atoms with Gasteiger partial charge in [0.15, 0.2) is 0 Å². The van der Waals surface area contributed by atoms with Gasteiger partial charge in [0.1, 0.15) is 0 Å². The molecular weight excluding hydrogens is 354 g/mol. The molecule has 6 nitrogen and oxygen atoms in total. The minimum atomic E-state index is -0.271. The van der Waals surface area contributed by atoms with Crippen molar-refractivity contribution in [3.63, 3.8) is 0 Å². The molecular formula is C22H29N3O3. The van der Waals surface area contributed by atoms with E-state index in [9.17, 15) is 9.59 Å². The van der Waals surface area contributed by atoms with Gasteiger partial charge in [-0.15, -0.1) is 0 Å². The Morgan fingerprint density at radius 2 is 1.71 bits per heavy atom. The summed E-state index contributed by atoms with van der Waals surface area (Å²) in [6.07, 6.45) is 1.72. The van der Waals surface area contributed by atoms with Crippen LogP contribution in [0.25, 0.3) is 0 Å². The summed E-state index contributed by atoms with van der Waals surface area (Å²) < 4.78 is 5.48. The Labute approximate surface area is 166 Å². The highest BCUT2D eigenvalue weighted by Crippen LogP contribution is 2.22. The lowest BCUT2D eigenvalue weighted by Gasteiger charge is -2.19. The third-order valence-corrected chi connectivity index (χ3v) is 4.07. The first kappa shape index (κ1) is 21.4. The monoisotopic (exact) mass is 383 g/mol. The van der Waals surface area contributed by atoms with Gasteiger partial charge in [-0.1, -0.05) is 39.0 Å². The molecule has 0 fully saturated rings. The first-order valence-corrected chi connectivity index (χ1v) is 9.42. The number of rotatable bonds is 7. The Bertz CT molecular complexity index is 791. The molecule has 1 heterocycles. The van der Waals surface area contributed by atoms with Gasteiger partial charge in [0.05, 0.1) is 12.6 Å². The third-order valence-electron chi connectivity index (χ3n) is 4.07. The van der Waals surface area contributed by atoms with Gasteiger partial charge < -0.3 is 15.4 Å². The lowest BCUT2D eigenvalue weighted by Crippen LogP contribution is -2.36. The number of carbonyl (C=O) groups excluding carboxylic acids is 2. The topological polar surface area (TPSA) is 80.3 Å². The zero-order valence-corrected chi connectivity index (χ0v) is 17.2. The number of nitrogens with one attached hydrogen (secondary N) is 2. The fourth-order valence-corrected chi connectivity index (χ4v) is 2.47. The average molecular weight is 383 g/mol. The molecule has 0 aliphatic rings. The summed E-state index contributed by atoms with van der Waals surface area (Å²) in [5.41, 5.74) is 2.57. The van der Waals surface area contributed by atoms with Crippen LogP contribution in [0.1, 0.15) is 56.1 Å². The van der Waals surface area contributed by atoms with Crippen molar-refractivity contribution in [1.82, 2.24) is 15.6 Å². The number of amides is 2. The predicted octanol–water partition coefficient (Wildman–Crippen LogP) is 3.21. The van der Waals surface area contributed by atoms with E-state index in [-0.39, 0.29) is 29.9 Å². The highest BCUT2D eigenvalue weighted by atomic mass is 16.5. The summed E-state index contributed by atoms with van der Waals surface area (Å²) in [6.45, 7) is 10.5. The second-order valence-corrected chi connectivity index (χ2v) is 7.96. The first-order valence-electron chi connectivity index (χ1n) is 9.42. The Hall–Kier alpha value is -2.89. The molecule has 150 valence electrons. The van der Waals surface area contributed by atoms with Crippen molar-refractivity contribution in [3.8, 4) is 5.88 Å². The van der Waals surface area contributed by atoms with Crippen molar-refractivity contribution in [2.75, 3.05) is 6.54 Å². The van der Waals surface area contributed by atoms with Crippen LogP contribution >= 0.6 is 0 Å².